The molecule has 22 heavy (non-hydrogen) atoms. The molecule has 6 heteroatoms. The highest BCUT2D eigenvalue weighted by molar-refractivity contribution is 8.00. The molecule has 2 rings (SSSR count). The van der Waals surface area contributed by atoms with Gasteiger partial charge in [0.15, 0.2) is 0 Å². The summed E-state index contributed by atoms with van der Waals surface area (Å²) in [5.74, 6) is 0.0371. The van der Waals surface area contributed by atoms with Crippen molar-refractivity contribution in [1.29, 1.82) is 0 Å². The summed E-state index contributed by atoms with van der Waals surface area (Å²) in [7, 11) is 1.55. The Morgan fingerprint density at radius 1 is 1.09 bits per heavy atom. The van der Waals surface area contributed by atoms with Gasteiger partial charge >= 0.3 is 0 Å². The summed E-state index contributed by atoms with van der Waals surface area (Å²) >= 11 is 7.13. The quantitative estimate of drug-likeness (QED) is 0.851. The topological polar surface area (TPSA) is 55.4 Å². The molecule has 0 saturated heterocycles. The minimum absolute atomic E-state index is 0.156. The number of halogens is 1. The number of hydrogen-bond donors (Lipinski definition) is 1. The first-order valence-corrected chi connectivity index (χ1v) is 7.81. The number of ether oxygens (including phenoxy) is 1. The Morgan fingerprint density at radius 2 is 1.73 bits per heavy atom. The van der Waals surface area contributed by atoms with Crippen molar-refractivity contribution in [1.82, 2.24) is 5.32 Å². The smallest absolute Gasteiger partial charge is 0.257 e. The lowest BCUT2D eigenvalue weighted by Gasteiger charge is -2.05. The van der Waals surface area contributed by atoms with Crippen molar-refractivity contribution >= 4 is 35.2 Å². The van der Waals surface area contributed by atoms with E-state index in [-0.39, 0.29) is 11.7 Å². The fourth-order valence-corrected chi connectivity index (χ4v) is 2.48. The molecule has 0 saturated carbocycles. The van der Waals surface area contributed by atoms with E-state index >= 15 is 0 Å². The largest absolute Gasteiger partial charge is 0.497 e. The van der Waals surface area contributed by atoms with E-state index in [1.54, 1.807) is 43.5 Å². The third kappa shape index (κ3) is 4.79. The van der Waals surface area contributed by atoms with Crippen molar-refractivity contribution in [3.8, 4) is 5.75 Å². The highest BCUT2D eigenvalue weighted by Gasteiger charge is 2.10. The van der Waals surface area contributed by atoms with Gasteiger partial charge in [-0.05, 0) is 48.5 Å². The van der Waals surface area contributed by atoms with Crippen molar-refractivity contribution in [2.75, 3.05) is 12.9 Å². The van der Waals surface area contributed by atoms with Crippen LogP contribution in [0.5, 0.6) is 5.75 Å². The molecule has 0 bridgehead atoms. The van der Waals surface area contributed by atoms with Crippen LogP contribution in [0.3, 0.4) is 0 Å². The molecule has 1 N–H and O–H groups in total. The number of nitrogens with one attached hydrogen (secondary N) is 1. The molecule has 0 aliphatic heterocycles. The number of benzene rings is 2. The van der Waals surface area contributed by atoms with E-state index < -0.39 is 5.91 Å². The molecule has 0 spiro atoms. The standard InChI is InChI=1S/C16H14ClNO3S/c1-21-13-6-2-11(3-7-13)16(20)18-15(19)10-22-14-8-4-12(17)5-9-14/h2-9H,10H2,1H3,(H,18,19,20). The summed E-state index contributed by atoms with van der Waals surface area (Å²) in [6.07, 6.45) is 0. The van der Waals surface area contributed by atoms with Crippen LogP contribution in [-0.4, -0.2) is 24.7 Å². The van der Waals surface area contributed by atoms with E-state index in [0.29, 0.717) is 16.3 Å². The lowest BCUT2D eigenvalue weighted by atomic mass is 10.2. The molecule has 4 nitrogen and oxygen atoms in total. The number of thioether (sulfide) groups is 1. The van der Waals surface area contributed by atoms with Crippen LogP contribution in [0.1, 0.15) is 10.4 Å². The Hall–Kier alpha value is -1.98. The molecule has 0 aliphatic carbocycles. The van der Waals surface area contributed by atoms with Gasteiger partial charge < -0.3 is 4.74 Å². The number of carbonyl (C=O) groups excluding carboxylic acids is 2. The summed E-state index contributed by atoms with van der Waals surface area (Å²) in [4.78, 5) is 24.6. The molecule has 0 fully saturated rings. The Morgan fingerprint density at radius 3 is 2.32 bits per heavy atom. The summed E-state index contributed by atoms with van der Waals surface area (Å²) in [6.45, 7) is 0. The number of hydrogen-bond acceptors (Lipinski definition) is 4. The first kappa shape index (κ1) is 16.4. The van der Waals surface area contributed by atoms with Gasteiger partial charge in [0.1, 0.15) is 5.75 Å². The monoisotopic (exact) mass is 335 g/mol. The van der Waals surface area contributed by atoms with E-state index in [1.807, 2.05) is 12.1 Å². The maximum Gasteiger partial charge on any atom is 0.257 e. The van der Waals surface area contributed by atoms with Gasteiger partial charge in [-0.3, -0.25) is 14.9 Å². The van der Waals surface area contributed by atoms with Crippen LogP contribution in [0.25, 0.3) is 0 Å². The minimum Gasteiger partial charge on any atom is -0.497 e. The summed E-state index contributed by atoms with van der Waals surface area (Å²) in [6, 6.07) is 13.7. The average molecular weight is 336 g/mol. The molecule has 2 aromatic rings. The van der Waals surface area contributed by atoms with Gasteiger partial charge in [-0.1, -0.05) is 11.6 Å². The molecule has 0 heterocycles. The molecule has 0 radical (unpaired) electrons. The number of methoxy groups -OCH3 is 1. The third-order valence-corrected chi connectivity index (χ3v) is 4.05. The van der Waals surface area contributed by atoms with E-state index in [1.165, 1.54) is 11.8 Å². The van der Waals surface area contributed by atoms with Gasteiger partial charge in [0.25, 0.3) is 5.91 Å². The normalized spacial score (nSPS) is 10.1. The van der Waals surface area contributed by atoms with Crippen LogP contribution in [0.15, 0.2) is 53.4 Å². The minimum atomic E-state index is -0.427. The lowest BCUT2D eigenvalue weighted by Crippen LogP contribution is -2.31. The highest BCUT2D eigenvalue weighted by Crippen LogP contribution is 2.20. The molecule has 0 aromatic heterocycles. The van der Waals surface area contributed by atoms with Crippen LogP contribution < -0.4 is 10.1 Å². The molecule has 0 atom stereocenters. The zero-order chi connectivity index (χ0) is 15.9. The van der Waals surface area contributed by atoms with E-state index in [4.69, 9.17) is 16.3 Å². The molecular formula is C16H14ClNO3S. The fraction of sp³-hybridized carbons (Fsp3) is 0.125. The Bertz CT molecular complexity index is 656. The second-order valence-corrected chi connectivity index (χ2v) is 5.83. The first-order valence-electron chi connectivity index (χ1n) is 6.45. The summed E-state index contributed by atoms with van der Waals surface area (Å²) < 4.78 is 5.01. The Balaban J connectivity index is 1.85. The Kier molecular flexibility index (Phi) is 5.86. The maximum absolute atomic E-state index is 11.9. The SMILES string of the molecule is COc1ccc(C(=O)NC(=O)CSc2ccc(Cl)cc2)cc1. The van der Waals surface area contributed by atoms with Crippen molar-refractivity contribution in [3.63, 3.8) is 0 Å². The van der Waals surface area contributed by atoms with Crippen LogP contribution in [0.2, 0.25) is 5.02 Å². The van der Waals surface area contributed by atoms with Crippen LogP contribution in [-0.2, 0) is 4.79 Å². The summed E-state index contributed by atoms with van der Waals surface area (Å²) in [5.41, 5.74) is 0.408. The number of rotatable bonds is 5. The van der Waals surface area contributed by atoms with Crippen LogP contribution in [0.4, 0.5) is 0 Å². The predicted octanol–water partition coefficient (Wildman–Crippen LogP) is 3.40. The van der Waals surface area contributed by atoms with Gasteiger partial charge in [-0.25, -0.2) is 0 Å². The molecule has 114 valence electrons. The zero-order valence-corrected chi connectivity index (χ0v) is 13.4. The maximum atomic E-state index is 11.9. The predicted molar refractivity (Wildman–Crippen MR) is 87.6 cm³/mol. The van der Waals surface area contributed by atoms with Crippen molar-refractivity contribution in [2.24, 2.45) is 0 Å². The fourth-order valence-electron chi connectivity index (χ4n) is 1.66. The third-order valence-electron chi connectivity index (χ3n) is 2.79. The van der Waals surface area contributed by atoms with Crippen LogP contribution >= 0.6 is 23.4 Å². The van der Waals surface area contributed by atoms with Gasteiger partial charge in [-0.2, -0.15) is 0 Å². The van der Waals surface area contributed by atoms with E-state index in [0.717, 1.165) is 4.90 Å². The van der Waals surface area contributed by atoms with Crippen LogP contribution in [0, 0.1) is 0 Å². The second kappa shape index (κ2) is 7.87. The molecule has 0 unspecified atom stereocenters. The second-order valence-electron chi connectivity index (χ2n) is 4.35. The van der Waals surface area contributed by atoms with Crippen molar-refractivity contribution in [3.05, 3.63) is 59.1 Å². The van der Waals surface area contributed by atoms with Gasteiger partial charge in [-0.15, -0.1) is 11.8 Å². The van der Waals surface area contributed by atoms with Gasteiger partial charge in [0.05, 0.1) is 12.9 Å². The first-order chi connectivity index (χ1) is 10.6. The summed E-state index contributed by atoms with van der Waals surface area (Å²) in [5, 5.41) is 2.99. The number of carbonyl (C=O) groups is 2. The molecule has 0 aliphatic rings. The van der Waals surface area contributed by atoms with E-state index in [9.17, 15) is 9.59 Å². The molecular weight excluding hydrogens is 322 g/mol. The molecule has 2 amide bonds. The lowest BCUT2D eigenvalue weighted by molar-refractivity contribution is -0.117. The van der Waals surface area contributed by atoms with Crippen molar-refractivity contribution in [2.45, 2.75) is 4.90 Å². The number of imide groups is 1. The number of amides is 2. The Labute approximate surface area is 137 Å². The molecule has 2 aromatic carbocycles. The van der Waals surface area contributed by atoms with Gasteiger partial charge in [0.2, 0.25) is 5.91 Å². The average Bonchev–Trinajstić information content (AvgIpc) is 2.54. The zero-order valence-electron chi connectivity index (χ0n) is 11.8. The highest BCUT2D eigenvalue weighted by atomic mass is 35.5. The van der Waals surface area contributed by atoms with E-state index in [2.05, 4.69) is 5.32 Å². The van der Waals surface area contributed by atoms with Crippen molar-refractivity contribution < 1.29 is 14.3 Å². The van der Waals surface area contributed by atoms with Gasteiger partial charge in [0, 0.05) is 15.5 Å².